The molecule has 0 N–H and O–H groups in total. The molecule has 0 aliphatic heterocycles. The van der Waals surface area contributed by atoms with Crippen LogP contribution >= 0.6 is 0 Å². The summed E-state index contributed by atoms with van der Waals surface area (Å²) >= 11 is 0. The minimum atomic E-state index is -0.167. The number of fused-ring (bicyclic) bond motifs is 6. The van der Waals surface area contributed by atoms with Gasteiger partial charge < -0.3 is 4.57 Å². The van der Waals surface area contributed by atoms with Gasteiger partial charge in [0.15, 0.2) is 0 Å². The van der Waals surface area contributed by atoms with E-state index in [1.54, 1.807) is 0 Å². The van der Waals surface area contributed by atoms with E-state index in [-0.39, 0.29) is 5.92 Å². The molecular formula is C46H26N4. The summed E-state index contributed by atoms with van der Waals surface area (Å²) in [5.74, 6) is -0.167. The summed E-state index contributed by atoms with van der Waals surface area (Å²) in [6.45, 7) is 0. The molecule has 9 rings (SSSR count). The first kappa shape index (κ1) is 29.0. The SMILES string of the molecule is N#Cc1ccc(-c2cccc(-n3c4ccccc4c4ccccc43)c2)c(-c2ccc(C#N)cc2C2c3ccccc3-c3cc(C#N)ccc32)c1. The van der Waals surface area contributed by atoms with Gasteiger partial charge in [-0.25, -0.2) is 0 Å². The maximum absolute atomic E-state index is 10.1. The van der Waals surface area contributed by atoms with Crippen molar-refractivity contribution in [3.8, 4) is 57.3 Å². The van der Waals surface area contributed by atoms with Gasteiger partial charge in [0.05, 0.1) is 45.9 Å². The lowest BCUT2D eigenvalue weighted by Crippen LogP contribution is -2.03. The number of para-hydroxylation sites is 2. The molecule has 230 valence electrons. The van der Waals surface area contributed by atoms with E-state index in [1.807, 2.05) is 66.7 Å². The van der Waals surface area contributed by atoms with E-state index < -0.39 is 0 Å². The van der Waals surface area contributed by atoms with Crippen LogP contribution in [0.1, 0.15) is 39.3 Å². The monoisotopic (exact) mass is 634 g/mol. The van der Waals surface area contributed by atoms with Gasteiger partial charge in [-0.3, -0.25) is 0 Å². The van der Waals surface area contributed by atoms with Crippen LogP contribution in [0.25, 0.3) is 60.9 Å². The van der Waals surface area contributed by atoms with Crippen LogP contribution in [0.2, 0.25) is 0 Å². The average molecular weight is 635 g/mol. The van der Waals surface area contributed by atoms with Gasteiger partial charge in [0.2, 0.25) is 0 Å². The van der Waals surface area contributed by atoms with E-state index in [0.29, 0.717) is 16.7 Å². The van der Waals surface area contributed by atoms with Crippen LogP contribution in [0.4, 0.5) is 0 Å². The van der Waals surface area contributed by atoms with Gasteiger partial charge >= 0.3 is 0 Å². The fourth-order valence-electron chi connectivity index (χ4n) is 7.83. The normalized spacial score (nSPS) is 12.9. The van der Waals surface area contributed by atoms with Gasteiger partial charge in [-0.2, -0.15) is 15.8 Å². The van der Waals surface area contributed by atoms with Crippen molar-refractivity contribution in [3.63, 3.8) is 0 Å². The van der Waals surface area contributed by atoms with Crippen LogP contribution in [0.15, 0.2) is 152 Å². The van der Waals surface area contributed by atoms with Crippen molar-refractivity contribution >= 4 is 21.8 Å². The number of benzene rings is 7. The molecule has 1 aromatic heterocycles. The molecule has 7 aromatic carbocycles. The molecule has 1 atom stereocenters. The summed E-state index contributed by atoms with van der Waals surface area (Å²) in [5.41, 5.74) is 14.2. The molecule has 4 nitrogen and oxygen atoms in total. The highest BCUT2D eigenvalue weighted by Crippen LogP contribution is 2.51. The zero-order chi connectivity index (χ0) is 33.8. The lowest BCUT2D eigenvalue weighted by atomic mass is 9.81. The summed E-state index contributed by atoms with van der Waals surface area (Å²) in [6.07, 6.45) is 0. The Labute approximate surface area is 289 Å². The van der Waals surface area contributed by atoms with Crippen LogP contribution in [0.5, 0.6) is 0 Å². The number of rotatable bonds is 4. The van der Waals surface area contributed by atoms with E-state index in [0.717, 1.165) is 66.8 Å². The Kier molecular flexibility index (Phi) is 6.67. The minimum absolute atomic E-state index is 0.167. The van der Waals surface area contributed by atoms with Crippen molar-refractivity contribution in [1.82, 2.24) is 4.57 Å². The zero-order valence-electron chi connectivity index (χ0n) is 26.8. The highest BCUT2D eigenvalue weighted by atomic mass is 15.0. The smallest absolute Gasteiger partial charge is 0.0991 e. The number of hydrogen-bond donors (Lipinski definition) is 0. The molecule has 0 spiro atoms. The predicted molar refractivity (Wildman–Crippen MR) is 199 cm³/mol. The minimum Gasteiger partial charge on any atom is -0.309 e. The van der Waals surface area contributed by atoms with Gasteiger partial charge in [-0.05, 0) is 111 Å². The Balaban J connectivity index is 1.28. The molecule has 8 aromatic rings. The van der Waals surface area contributed by atoms with E-state index in [4.69, 9.17) is 0 Å². The summed E-state index contributed by atoms with van der Waals surface area (Å²) in [5, 5.41) is 32.3. The summed E-state index contributed by atoms with van der Waals surface area (Å²) in [6, 6.07) is 58.5. The third-order valence-electron chi connectivity index (χ3n) is 9.98. The number of nitrogens with zero attached hydrogens (tertiary/aromatic N) is 4. The van der Waals surface area contributed by atoms with Crippen LogP contribution in [0, 0.1) is 34.0 Å². The highest BCUT2D eigenvalue weighted by molar-refractivity contribution is 6.09. The van der Waals surface area contributed by atoms with Crippen molar-refractivity contribution in [2.24, 2.45) is 0 Å². The standard InChI is InChI=1S/C46H26N4/c47-26-29-16-19-34(32-8-7-9-33(25-32)50-44-14-5-3-11-37(44)38-12-4-6-15-45(38)50)41(22-29)36-20-17-31(28-49)24-43(36)46-39-13-2-1-10-35(39)42-23-30(27-48)18-21-40(42)46/h1-25,46H. The first-order valence-corrected chi connectivity index (χ1v) is 16.5. The second kappa shape index (κ2) is 11.5. The number of aromatic nitrogens is 1. The Morgan fingerprint density at radius 3 is 1.68 bits per heavy atom. The zero-order valence-corrected chi connectivity index (χ0v) is 26.8. The van der Waals surface area contributed by atoms with E-state index in [2.05, 4.69) is 108 Å². The third kappa shape index (κ3) is 4.43. The van der Waals surface area contributed by atoms with Gasteiger partial charge in [0.25, 0.3) is 0 Å². The Bertz CT molecular complexity index is 2760. The molecule has 50 heavy (non-hydrogen) atoms. The Hall–Kier alpha value is -7.19. The molecular weight excluding hydrogens is 609 g/mol. The molecule has 1 heterocycles. The molecule has 1 unspecified atom stereocenters. The lowest BCUT2D eigenvalue weighted by Gasteiger charge is -2.21. The van der Waals surface area contributed by atoms with Crippen LogP contribution in [-0.2, 0) is 0 Å². The average Bonchev–Trinajstić information content (AvgIpc) is 3.70. The maximum atomic E-state index is 10.1. The molecule has 0 bridgehead atoms. The predicted octanol–water partition coefficient (Wildman–Crippen LogP) is 10.9. The number of nitriles is 3. The molecule has 1 aliphatic rings. The first-order chi connectivity index (χ1) is 24.7. The van der Waals surface area contributed by atoms with Gasteiger partial charge in [-0.15, -0.1) is 0 Å². The van der Waals surface area contributed by atoms with Crippen molar-refractivity contribution < 1.29 is 0 Å². The molecule has 0 amide bonds. The second-order valence-corrected chi connectivity index (χ2v) is 12.6. The van der Waals surface area contributed by atoms with E-state index >= 15 is 0 Å². The quantitative estimate of drug-likeness (QED) is 0.193. The van der Waals surface area contributed by atoms with Crippen LogP contribution in [-0.4, -0.2) is 4.57 Å². The van der Waals surface area contributed by atoms with Gasteiger partial charge in [0.1, 0.15) is 0 Å². The fraction of sp³-hybridized carbons (Fsp3) is 0.0217. The van der Waals surface area contributed by atoms with Crippen molar-refractivity contribution in [2.75, 3.05) is 0 Å². The van der Waals surface area contributed by atoms with E-state index in [1.165, 1.54) is 10.8 Å². The largest absolute Gasteiger partial charge is 0.309 e. The second-order valence-electron chi connectivity index (χ2n) is 12.6. The van der Waals surface area contributed by atoms with E-state index in [9.17, 15) is 15.8 Å². The molecule has 0 radical (unpaired) electrons. The van der Waals surface area contributed by atoms with Crippen molar-refractivity contribution in [1.29, 1.82) is 15.8 Å². The Morgan fingerprint density at radius 2 is 0.960 bits per heavy atom. The highest BCUT2D eigenvalue weighted by Gasteiger charge is 2.32. The van der Waals surface area contributed by atoms with Crippen molar-refractivity contribution in [3.05, 3.63) is 185 Å². The Morgan fingerprint density at radius 1 is 0.400 bits per heavy atom. The van der Waals surface area contributed by atoms with Crippen LogP contribution in [0.3, 0.4) is 0 Å². The first-order valence-electron chi connectivity index (χ1n) is 16.5. The summed E-state index contributed by atoms with van der Waals surface area (Å²) in [7, 11) is 0. The summed E-state index contributed by atoms with van der Waals surface area (Å²) < 4.78 is 2.31. The lowest BCUT2D eigenvalue weighted by molar-refractivity contribution is 1.02. The van der Waals surface area contributed by atoms with Gasteiger partial charge in [-0.1, -0.05) is 91.0 Å². The maximum Gasteiger partial charge on any atom is 0.0991 e. The van der Waals surface area contributed by atoms with Crippen molar-refractivity contribution in [2.45, 2.75) is 5.92 Å². The van der Waals surface area contributed by atoms with Gasteiger partial charge in [0, 0.05) is 22.4 Å². The molecule has 0 saturated heterocycles. The topological polar surface area (TPSA) is 76.3 Å². The molecule has 0 fully saturated rings. The third-order valence-corrected chi connectivity index (χ3v) is 9.98. The molecule has 4 heteroatoms. The fourth-order valence-corrected chi connectivity index (χ4v) is 7.83. The number of hydrogen-bond acceptors (Lipinski definition) is 3. The molecule has 1 aliphatic carbocycles. The molecule has 0 saturated carbocycles. The summed E-state index contributed by atoms with van der Waals surface area (Å²) in [4.78, 5) is 0. The van der Waals surface area contributed by atoms with Crippen LogP contribution < -0.4 is 0 Å².